The summed E-state index contributed by atoms with van der Waals surface area (Å²) in [7, 11) is 0. The first kappa shape index (κ1) is 16.8. The molecule has 1 aromatic heterocycles. The first-order valence-electron chi connectivity index (χ1n) is 8.84. The van der Waals surface area contributed by atoms with Crippen molar-refractivity contribution in [3.8, 4) is 0 Å². The van der Waals surface area contributed by atoms with Crippen LogP contribution in [0, 0.1) is 6.92 Å². The van der Waals surface area contributed by atoms with Gasteiger partial charge in [0.2, 0.25) is 0 Å². The van der Waals surface area contributed by atoms with Gasteiger partial charge in [0, 0.05) is 44.5 Å². The van der Waals surface area contributed by atoms with E-state index in [-0.39, 0.29) is 5.91 Å². The molecule has 0 atom stereocenters. The third kappa shape index (κ3) is 3.74. The number of nitrogens with zero attached hydrogens (tertiary/aromatic N) is 4. The predicted molar refractivity (Wildman–Crippen MR) is 95.1 cm³/mol. The molecule has 0 saturated carbocycles. The van der Waals surface area contributed by atoms with Crippen molar-refractivity contribution in [1.29, 1.82) is 0 Å². The molecule has 2 fully saturated rings. The summed E-state index contributed by atoms with van der Waals surface area (Å²) in [5, 5.41) is 4.37. The van der Waals surface area contributed by atoms with Gasteiger partial charge >= 0.3 is 0 Å². The van der Waals surface area contributed by atoms with Crippen molar-refractivity contribution < 1.29 is 4.79 Å². The van der Waals surface area contributed by atoms with Gasteiger partial charge < -0.3 is 4.90 Å². The average Bonchev–Trinajstić information content (AvgIpc) is 2.96. The third-order valence-corrected chi connectivity index (χ3v) is 6.13. The lowest BCUT2D eigenvalue weighted by Gasteiger charge is -2.40. The fourth-order valence-electron chi connectivity index (χ4n) is 3.60. The zero-order chi connectivity index (χ0) is 16.2. The number of thioether (sulfide) groups is 1. The number of carbonyl (C=O) groups is 1. The number of hydrogen-bond donors (Lipinski definition) is 0. The molecule has 128 valence electrons. The molecule has 0 unspecified atom stereocenters. The lowest BCUT2D eigenvalue weighted by molar-refractivity contribution is 0.0558. The Kier molecular flexibility index (Phi) is 5.64. The van der Waals surface area contributed by atoms with E-state index >= 15 is 0 Å². The number of hydrogen-bond acceptors (Lipinski definition) is 4. The van der Waals surface area contributed by atoms with E-state index in [1.165, 1.54) is 24.3 Å². The molecule has 0 spiro atoms. The molecular formula is C17H28N4OS. The second-order valence-corrected chi connectivity index (χ2v) is 7.76. The van der Waals surface area contributed by atoms with Crippen LogP contribution in [0.25, 0.3) is 0 Å². The van der Waals surface area contributed by atoms with E-state index in [0.717, 1.165) is 56.4 Å². The van der Waals surface area contributed by atoms with Crippen molar-refractivity contribution in [2.24, 2.45) is 0 Å². The maximum absolute atomic E-state index is 12.8. The van der Waals surface area contributed by atoms with E-state index in [1.807, 2.05) is 16.5 Å². The van der Waals surface area contributed by atoms with E-state index in [1.54, 1.807) is 6.20 Å². The van der Waals surface area contributed by atoms with Crippen molar-refractivity contribution in [3.05, 3.63) is 17.5 Å². The van der Waals surface area contributed by atoms with Gasteiger partial charge in [-0.15, -0.1) is 0 Å². The molecule has 0 bridgehead atoms. The minimum atomic E-state index is 0.156. The second kappa shape index (κ2) is 7.71. The van der Waals surface area contributed by atoms with E-state index in [0.29, 0.717) is 0 Å². The molecule has 3 heterocycles. The molecule has 5 nitrogen and oxygen atoms in total. The minimum Gasteiger partial charge on any atom is -0.336 e. The van der Waals surface area contributed by atoms with Gasteiger partial charge in [-0.05, 0) is 37.7 Å². The second-order valence-electron chi connectivity index (χ2n) is 6.54. The van der Waals surface area contributed by atoms with E-state index in [4.69, 9.17) is 0 Å². The highest BCUT2D eigenvalue weighted by molar-refractivity contribution is 7.99. The maximum atomic E-state index is 12.8. The van der Waals surface area contributed by atoms with Gasteiger partial charge in [0.05, 0.1) is 11.8 Å². The van der Waals surface area contributed by atoms with Gasteiger partial charge in [-0.3, -0.25) is 14.4 Å². The fraction of sp³-hybridized carbons (Fsp3) is 0.765. The molecule has 2 aliphatic heterocycles. The lowest BCUT2D eigenvalue weighted by Crippen LogP contribution is -2.52. The molecule has 3 rings (SSSR count). The monoisotopic (exact) mass is 336 g/mol. The van der Waals surface area contributed by atoms with Crippen molar-refractivity contribution in [1.82, 2.24) is 19.6 Å². The maximum Gasteiger partial charge on any atom is 0.257 e. The summed E-state index contributed by atoms with van der Waals surface area (Å²) in [5.74, 6) is 2.74. The molecular weight excluding hydrogens is 308 g/mol. The Morgan fingerprint density at radius 2 is 1.96 bits per heavy atom. The van der Waals surface area contributed by atoms with Gasteiger partial charge in [0.1, 0.15) is 0 Å². The molecule has 23 heavy (non-hydrogen) atoms. The highest BCUT2D eigenvalue weighted by atomic mass is 32.2. The molecule has 0 N–H and O–H groups in total. The smallest absolute Gasteiger partial charge is 0.257 e. The Bertz CT molecular complexity index is 531. The Morgan fingerprint density at radius 3 is 2.61 bits per heavy atom. The summed E-state index contributed by atoms with van der Waals surface area (Å²) in [6, 6.07) is 0.738. The largest absolute Gasteiger partial charge is 0.336 e. The summed E-state index contributed by atoms with van der Waals surface area (Å²) in [6.45, 7) is 8.75. The summed E-state index contributed by atoms with van der Waals surface area (Å²) in [4.78, 5) is 17.4. The number of aryl methyl sites for hydroxylation is 1. The van der Waals surface area contributed by atoms with E-state index in [2.05, 4.69) is 28.7 Å². The zero-order valence-electron chi connectivity index (χ0n) is 14.3. The highest BCUT2D eigenvalue weighted by Crippen LogP contribution is 2.23. The molecule has 0 aliphatic carbocycles. The molecule has 2 saturated heterocycles. The van der Waals surface area contributed by atoms with Crippen LogP contribution >= 0.6 is 11.8 Å². The van der Waals surface area contributed by atoms with Gasteiger partial charge in [0.15, 0.2) is 0 Å². The highest BCUT2D eigenvalue weighted by Gasteiger charge is 2.28. The first-order valence-corrected chi connectivity index (χ1v) is 9.99. The van der Waals surface area contributed by atoms with Crippen LogP contribution in [0.4, 0.5) is 0 Å². The fourth-order valence-corrected chi connectivity index (χ4v) is 4.69. The number of rotatable bonds is 4. The van der Waals surface area contributed by atoms with Crippen molar-refractivity contribution in [2.45, 2.75) is 45.7 Å². The topological polar surface area (TPSA) is 41.4 Å². The molecule has 6 heteroatoms. The van der Waals surface area contributed by atoms with Crippen molar-refractivity contribution in [2.75, 3.05) is 37.7 Å². The zero-order valence-corrected chi connectivity index (χ0v) is 15.1. The van der Waals surface area contributed by atoms with Crippen LogP contribution in [0.3, 0.4) is 0 Å². The SMILES string of the molecule is CCCn1ncc(C(=O)N2CCN(C3CCSCC3)CC2)c1C. The minimum absolute atomic E-state index is 0.156. The average molecular weight is 337 g/mol. The lowest BCUT2D eigenvalue weighted by atomic mass is 10.1. The molecule has 1 amide bonds. The van der Waals surface area contributed by atoms with Crippen LogP contribution < -0.4 is 0 Å². The normalized spacial score (nSPS) is 20.9. The molecule has 2 aliphatic rings. The summed E-state index contributed by atoms with van der Waals surface area (Å²) < 4.78 is 1.95. The van der Waals surface area contributed by atoms with Crippen LogP contribution in [0.2, 0.25) is 0 Å². The van der Waals surface area contributed by atoms with Crippen LogP contribution in [0.5, 0.6) is 0 Å². The van der Waals surface area contributed by atoms with Crippen molar-refractivity contribution in [3.63, 3.8) is 0 Å². The van der Waals surface area contributed by atoms with Gasteiger partial charge in [0.25, 0.3) is 5.91 Å². The van der Waals surface area contributed by atoms with Crippen LogP contribution in [0.15, 0.2) is 6.20 Å². The number of aromatic nitrogens is 2. The standard InChI is InChI=1S/C17H28N4OS/c1-3-6-21-14(2)16(13-18-21)17(22)20-9-7-19(8-10-20)15-4-11-23-12-5-15/h13,15H,3-12H2,1-2H3. The first-order chi connectivity index (χ1) is 11.2. The van der Waals surface area contributed by atoms with Gasteiger partial charge in [-0.25, -0.2) is 0 Å². The van der Waals surface area contributed by atoms with Crippen LogP contribution in [0.1, 0.15) is 42.2 Å². The van der Waals surface area contributed by atoms with Gasteiger partial charge in [-0.1, -0.05) is 6.92 Å². The van der Waals surface area contributed by atoms with Gasteiger partial charge in [-0.2, -0.15) is 16.9 Å². The van der Waals surface area contributed by atoms with E-state index < -0.39 is 0 Å². The quantitative estimate of drug-likeness (QED) is 0.846. The van der Waals surface area contributed by atoms with E-state index in [9.17, 15) is 4.79 Å². The third-order valence-electron chi connectivity index (χ3n) is 5.08. The molecule has 1 aromatic rings. The number of amides is 1. The Morgan fingerprint density at radius 1 is 1.26 bits per heavy atom. The Labute approximate surface area is 143 Å². The Hall–Kier alpha value is -1.01. The molecule has 0 aromatic carbocycles. The van der Waals surface area contributed by atoms with Crippen LogP contribution in [-0.4, -0.2) is 69.2 Å². The predicted octanol–water partition coefficient (Wildman–Crippen LogP) is 2.25. The van der Waals surface area contributed by atoms with Crippen molar-refractivity contribution >= 4 is 17.7 Å². The summed E-state index contributed by atoms with van der Waals surface area (Å²) in [6.07, 6.45) is 5.40. The number of carbonyl (C=O) groups excluding carboxylic acids is 1. The Balaban J connectivity index is 1.57. The molecule has 0 radical (unpaired) electrons. The number of piperazine rings is 1. The van der Waals surface area contributed by atoms with Crippen LogP contribution in [-0.2, 0) is 6.54 Å². The summed E-state index contributed by atoms with van der Waals surface area (Å²) >= 11 is 2.07. The summed E-state index contributed by atoms with van der Waals surface area (Å²) in [5.41, 5.74) is 1.78.